The third-order valence-electron chi connectivity index (χ3n) is 11.2. The molecule has 0 aromatic heterocycles. The number of halogens is 3. The normalized spacial score (nSPS) is 24.7. The second-order valence-electron chi connectivity index (χ2n) is 15.7. The fraction of sp³-hybridized carbons (Fsp3) is 0.419. The maximum absolute atomic E-state index is 16.8. The number of amides is 1. The van der Waals surface area contributed by atoms with Gasteiger partial charge in [0, 0.05) is 48.3 Å². The van der Waals surface area contributed by atoms with E-state index in [-0.39, 0.29) is 23.0 Å². The molecule has 280 valence electrons. The first kappa shape index (κ1) is 38.0. The maximum Gasteiger partial charge on any atom is 0.237 e. The van der Waals surface area contributed by atoms with Crippen molar-refractivity contribution in [2.45, 2.75) is 62.8 Å². The van der Waals surface area contributed by atoms with Crippen molar-refractivity contribution in [2.24, 2.45) is 5.41 Å². The number of anilines is 1. The zero-order valence-electron chi connectivity index (χ0n) is 30.5. The van der Waals surface area contributed by atoms with E-state index in [1.807, 2.05) is 66.7 Å². The molecule has 2 saturated heterocycles. The van der Waals surface area contributed by atoms with Crippen LogP contribution in [0.2, 0.25) is 10.0 Å². The molecule has 3 aliphatic heterocycles. The van der Waals surface area contributed by atoms with Gasteiger partial charge in [0.1, 0.15) is 11.2 Å². The van der Waals surface area contributed by atoms with Crippen molar-refractivity contribution in [3.8, 4) is 0 Å². The monoisotopic (exact) mass is 759 g/mol. The van der Waals surface area contributed by atoms with Crippen LogP contribution in [0.15, 0.2) is 97.1 Å². The van der Waals surface area contributed by atoms with Gasteiger partial charge in [0.25, 0.3) is 0 Å². The van der Waals surface area contributed by atoms with Crippen molar-refractivity contribution in [1.82, 2.24) is 9.80 Å². The van der Waals surface area contributed by atoms with Gasteiger partial charge in [0.2, 0.25) is 5.91 Å². The summed E-state index contributed by atoms with van der Waals surface area (Å²) < 4.78 is 29.0. The molecule has 2 fully saturated rings. The summed E-state index contributed by atoms with van der Waals surface area (Å²) in [6, 6.07) is 28.3. The van der Waals surface area contributed by atoms with Gasteiger partial charge in [-0.2, -0.15) is 0 Å². The molecule has 6 unspecified atom stereocenters. The first-order valence-corrected chi connectivity index (χ1v) is 19.2. The third-order valence-corrected chi connectivity index (χ3v) is 11.7. The van der Waals surface area contributed by atoms with E-state index in [0.29, 0.717) is 49.1 Å². The fourth-order valence-corrected chi connectivity index (χ4v) is 9.34. The van der Waals surface area contributed by atoms with Crippen LogP contribution in [0.1, 0.15) is 67.5 Å². The Bertz CT molecular complexity index is 1890. The zero-order valence-corrected chi connectivity index (χ0v) is 32.0. The largest absolute Gasteiger partial charge is 0.386 e. The van der Waals surface area contributed by atoms with E-state index < -0.39 is 41.4 Å². The van der Waals surface area contributed by atoms with E-state index in [1.54, 1.807) is 24.3 Å². The van der Waals surface area contributed by atoms with Gasteiger partial charge in [-0.25, -0.2) is 4.39 Å². The third kappa shape index (κ3) is 7.40. The van der Waals surface area contributed by atoms with Gasteiger partial charge < -0.3 is 19.9 Å². The van der Waals surface area contributed by atoms with Gasteiger partial charge in [-0.05, 0) is 52.3 Å². The molecule has 53 heavy (non-hydrogen) atoms. The molecular weight excluding hydrogens is 712 g/mol. The van der Waals surface area contributed by atoms with E-state index in [2.05, 4.69) is 35.9 Å². The first-order valence-electron chi connectivity index (χ1n) is 18.5. The number of ether oxygens (including phenoxy) is 2. The Morgan fingerprint density at radius 2 is 1.64 bits per heavy atom. The molecule has 0 saturated carbocycles. The first-order chi connectivity index (χ1) is 25.5. The lowest BCUT2D eigenvalue weighted by Gasteiger charge is -2.44. The Kier molecular flexibility index (Phi) is 11.3. The Balaban J connectivity index is 1.48. The lowest BCUT2D eigenvalue weighted by atomic mass is 9.62. The maximum atomic E-state index is 16.8. The molecule has 7 rings (SSSR count). The van der Waals surface area contributed by atoms with Crippen molar-refractivity contribution >= 4 is 34.8 Å². The number of aliphatic hydroxyl groups is 1. The van der Waals surface area contributed by atoms with Gasteiger partial charge >= 0.3 is 0 Å². The Hall–Kier alpha value is -3.34. The lowest BCUT2D eigenvalue weighted by molar-refractivity contribution is -0.123. The molecule has 3 heterocycles. The van der Waals surface area contributed by atoms with E-state index in [9.17, 15) is 5.11 Å². The van der Waals surface area contributed by atoms with Gasteiger partial charge in [0.05, 0.1) is 43.6 Å². The minimum absolute atomic E-state index is 0.0193. The summed E-state index contributed by atoms with van der Waals surface area (Å²) in [5.74, 6) is -1.58. The average molecular weight is 761 g/mol. The molecule has 7 nitrogen and oxygen atoms in total. The van der Waals surface area contributed by atoms with Crippen LogP contribution in [0.3, 0.4) is 0 Å². The minimum atomic E-state index is -1.32. The average Bonchev–Trinajstić information content (AvgIpc) is 3.58. The van der Waals surface area contributed by atoms with Crippen LogP contribution in [0, 0.1) is 11.2 Å². The summed E-state index contributed by atoms with van der Waals surface area (Å²) in [7, 11) is 0. The van der Waals surface area contributed by atoms with Gasteiger partial charge in [-0.1, -0.05) is 123 Å². The van der Waals surface area contributed by atoms with Crippen LogP contribution in [0.4, 0.5) is 10.1 Å². The molecule has 10 heteroatoms. The quantitative estimate of drug-likeness (QED) is 0.150. The number of fused-ring (bicyclic) bond motifs is 2. The minimum Gasteiger partial charge on any atom is -0.386 e. The number of nitrogens with zero attached hydrogens (tertiary/aromatic N) is 2. The van der Waals surface area contributed by atoms with Gasteiger partial charge in [-0.15, -0.1) is 0 Å². The molecule has 1 amide bonds. The summed E-state index contributed by atoms with van der Waals surface area (Å²) in [6.07, 6.45) is -0.470. The van der Waals surface area contributed by atoms with Crippen LogP contribution < -0.4 is 5.32 Å². The number of carbonyl (C=O) groups is 1. The Labute approximate surface area is 322 Å². The van der Waals surface area contributed by atoms with Crippen LogP contribution >= 0.6 is 23.2 Å². The molecule has 3 aliphatic rings. The molecule has 4 aromatic rings. The predicted molar refractivity (Wildman–Crippen MR) is 208 cm³/mol. The number of benzene rings is 4. The van der Waals surface area contributed by atoms with E-state index in [0.717, 1.165) is 29.8 Å². The molecule has 0 bridgehead atoms. The molecule has 2 N–H and O–H groups in total. The second kappa shape index (κ2) is 15.8. The SMILES string of the molecule is CC(C)(C)CC1N(C(c2ccccc2)C(O)c2ccccc2)C(COCCN2CCOCC2)C(c2cccc(Cl)c2F)C12C(=O)Nc1cc(Cl)ccc12. The number of rotatable bonds is 11. The molecular formula is C43H48Cl2FN3O4. The van der Waals surface area contributed by atoms with Crippen LogP contribution in [-0.4, -0.2) is 79.0 Å². The summed E-state index contributed by atoms with van der Waals surface area (Å²) in [5, 5.41) is 16.3. The van der Waals surface area contributed by atoms with Crippen LogP contribution in [0.25, 0.3) is 0 Å². The van der Waals surface area contributed by atoms with Crippen LogP contribution in [-0.2, 0) is 19.7 Å². The second-order valence-corrected chi connectivity index (χ2v) is 16.5. The highest BCUT2D eigenvalue weighted by Gasteiger charge is 2.69. The molecule has 0 aliphatic carbocycles. The van der Waals surface area contributed by atoms with E-state index >= 15 is 9.18 Å². The Morgan fingerprint density at radius 3 is 2.32 bits per heavy atom. The summed E-state index contributed by atoms with van der Waals surface area (Å²) >= 11 is 13.1. The van der Waals surface area contributed by atoms with Gasteiger partial charge in [0.15, 0.2) is 0 Å². The number of hydrogen-bond acceptors (Lipinski definition) is 6. The number of nitrogens with one attached hydrogen (secondary N) is 1. The standard InChI is InChI=1S/C43H48Cl2FN3O4/c1-42(2,3)26-36-43(32-18-17-30(44)25-34(32)47-41(43)51)37(31-15-10-16-33(45)38(31)46)35(27-53-24-21-48-19-22-52-23-20-48)49(36)39(28-11-6-4-7-12-28)40(50)29-13-8-5-9-14-29/h4-18,25,35-37,39-40,50H,19-24,26-27H2,1-3H3,(H,47,51). The summed E-state index contributed by atoms with van der Waals surface area (Å²) in [4.78, 5) is 19.8. The fourth-order valence-electron chi connectivity index (χ4n) is 8.98. The Morgan fingerprint density at radius 1 is 0.962 bits per heavy atom. The molecule has 1 spiro atoms. The van der Waals surface area contributed by atoms with Crippen molar-refractivity contribution in [3.05, 3.63) is 135 Å². The highest BCUT2D eigenvalue weighted by molar-refractivity contribution is 6.31. The topological polar surface area (TPSA) is 74.3 Å². The number of morpholine rings is 1. The van der Waals surface area contributed by atoms with E-state index in [1.165, 1.54) is 6.07 Å². The van der Waals surface area contributed by atoms with E-state index in [4.69, 9.17) is 32.7 Å². The molecule has 6 atom stereocenters. The van der Waals surface area contributed by atoms with Crippen LogP contribution in [0.5, 0.6) is 0 Å². The lowest BCUT2D eigenvalue weighted by Crippen LogP contribution is -2.52. The van der Waals surface area contributed by atoms with Gasteiger partial charge in [-0.3, -0.25) is 14.6 Å². The molecule has 4 aromatic carbocycles. The summed E-state index contributed by atoms with van der Waals surface area (Å²) in [5.41, 5.74) is 1.67. The smallest absolute Gasteiger partial charge is 0.237 e. The van der Waals surface area contributed by atoms with Crippen molar-refractivity contribution in [3.63, 3.8) is 0 Å². The number of aliphatic hydroxyl groups excluding tert-OH is 1. The van der Waals surface area contributed by atoms with Crippen molar-refractivity contribution in [1.29, 1.82) is 0 Å². The van der Waals surface area contributed by atoms with Crippen molar-refractivity contribution in [2.75, 3.05) is 51.4 Å². The zero-order chi connectivity index (χ0) is 37.3. The van der Waals surface area contributed by atoms with Crippen molar-refractivity contribution < 1.29 is 23.8 Å². The molecule has 0 radical (unpaired) electrons. The number of hydrogen-bond donors (Lipinski definition) is 2. The summed E-state index contributed by atoms with van der Waals surface area (Å²) in [6.45, 7) is 10.8. The highest BCUT2D eigenvalue weighted by atomic mass is 35.5. The number of carbonyl (C=O) groups excluding carboxylic acids is 1. The number of likely N-dealkylation sites (tertiary alicyclic amines) is 1. The predicted octanol–water partition coefficient (Wildman–Crippen LogP) is 8.42. The highest BCUT2D eigenvalue weighted by Crippen LogP contribution is 2.63.